The summed E-state index contributed by atoms with van der Waals surface area (Å²) in [6.07, 6.45) is -4.26. The topological polar surface area (TPSA) is 37.4 Å². The predicted octanol–water partition coefficient (Wildman–Crippen LogP) is 1.83. The predicted molar refractivity (Wildman–Crippen MR) is 52.4 cm³/mol. The summed E-state index contributed by atoms with van der Waals surface area (Å²) < 4.78 is 59.3. The first-order valence-corrected chi connectivity index (χ1v) is 6.48. The molecule has 0 heterocycles. The highest BCUT2D eigenvalue weighted by molar-refractivity contribution is 7.89. The van der Waals surface area contributed by atoms with E-state index in [-0.39, 0.29) is 24.6 Å². The van der Waals surface area contributed by atoms with Crippen LogP contribution in [0.15, 0.2) is 0 Å². The van der Waals surface area contributed by atoms with Crippen LogP contribution in [0.3, 0.4) is 0 Å². The van der Waals surface area contributed by atoms with Gasteiger partial charge in [0.05, 0.1) is 5.75 Å². The number of hydrogen-bond acceptors (Lipinski definition) is 2. The molecular weight excluding hydrogens is 255 g/mol. The first-order valence-electron chi connectivity index (χ1n) is 4.33. The largest absolute Gasteiger partial charge is 0.402 e. The van der Waals surface area contributed by atoms with E-state index in [1.54, 1.807) is 6.92 Å². The molecule has 0 aliphatic carbocycles. The van der Waals surface area contributed by atoms with Gasteiger partial charge in [0.15, 0.2) is 0 Å². The molecule has 0 spiro atoms. The third-order valence-corrected chi connectivity index (χ3v) is 3.74. The molecule has 8 heteroatoms. The Morgan fingerprint density at radius 3 is 2.20 bits per heavy atom. The van der Waals surface area contributed by atoms with Gasteiger partial charge in [-0.2, -0.15) is 17.5 Å². The number of sulfonamides is 1. The van der Waals surface area contributed by atoms with Crippen LogP contribution in [-0.2, 0) is 10.0 Å². The van der Waals surface area contributed by atoms with Gasteiger partial charge in [0, 0.05) is 12.4 Å². The molecular formula is C7H13ClF3NO2S. The van der Waals surface area contributed by atoms with Crippen LogP contribution in [-0.4, -0.2) is 43.6 Å². The molecule has 0 aromatic heterocycles. The third-order valence-electron chi connectivity index (χ3n) is 1.55. The molecule has 0 aliphatic heterocycles. The van der Waals surface area contributed by atoms with Gasteiger partial charge in [-0.3, -0.25) is 0 Å². The molecule has 15 heavy (non-hydrogen) atoms. The molecule has 0 aromatic carbocycles. The summed E-state index contributed by atoms with van der Waals surface area (Å²) in [6.45, 7) is -0.199. The van der Waals surface area contributed by atoms with Crippen molar-refractivity contribution in [2.45, 2.75) is 19.5 Å². The zero-order valence-corrected chi connectivity index (χ0v) is 9.79. The minimum Gasteiger partial charge on any atom is -0.212 e. The van der Waals surface area contributed by atoms with Crippen LogP contribution >= 0.6 is 11.6 Å². The van der Waals surface area contributed by atoms with Crippen molar-refractivity contribution < 1.29 is 21.6 Å². The Kier molecular flexibility index (Phi) is 5.90. The van der Waals surface area contributed by atoms with Gasteiger partial charge in [-0.1, -0.05) is 6.92 Å². The first kappa shape index (κ1) is 15.0. The van der Waals surface area contributed by atoms with Crippen molar-refractivity contribution in [1.29, 1.82) is 0 Å². The van der Waals surface area contributed by atoms with Gasteiger partial charge >= 0.3 is 6.18 Å². The zero-order valence-electron chi connectivity index (χ0n) is 8.22. The lowest BCUT2D eigenvalue weighted by Crippen LogP contribution is -2.41. The second-order valence-electron chi connectivity index (χ2n) is 2.95. The van der Waals surface area contributed by atoms with Gasteiger partial charge in [0.2, 0.25) is 10.0 Å². The van der Waals surface area contributed by atoms with Gasteiger partial charge in [0.1, 0.15) is 6.54 Å². The standard InChI is InChI=1S/C7H13ClF3NO2S/c1-2-5-15(13,14)12(4-3-8)6-7(9,10)11/h2-6H2,1H3. The zero-order chi connectivity index (χ0) is 12.1. The van der Waals surface area contributed by atoms with Crippen LogP contribution in [0.5, 0.6) is 0 Å². The number of nitrogens with zero attached hydrogens (tertiary/aromatic N) is 1. The summed E-state index contributed by atoms with van der Waals surface area (Å²) in [5.74, 6) is -0.445. The minimum absolute atomic E-state index is 0.154. The van der Waals surface area contributed by atoms with Crippen molar-refractivity contribution in [3.63, 3.8) is 0 Å². The SMILES string of the molecule is CCCS(=O)(=O)N(CCCl)CC(F)(F)F. The summed E-state index contributed by atoms with van der Waals surface area (Å²) in [6, 6.07) is 0. The molecule has 0 aromatic rings. The number of halogens is 4. The fourth-order valence-electron chi connectivity index (χ4n) is 0.998. The second-order valence-corrected chi connectivity index (χ2v) is 5.42. The summed E-state index contributed by atoms with van der Waals surface area (Å²) in [4.78, 5) is 0. The number of hydrogen-bond donors (Lipinski definition) is 0. The van der Waals surface area contributed by atoms with Crippen molar-refractivity contribution in [3.8, 4) is 0 Å². The molecule has 3 nitrogen and oxygen atoms in total. The average molecular weight is 268 g/mol. The maximum Gasteiger partial charge on any atom is 0.402 e. The van der Waals surface area contributed by atoms with E-state index < -0.39 is 22.7 Å². The fraction of sp³-hybridized carbons (Fsp3) is 1.00. The van der Waals surface area contributed by atoms with Crippen LogP contribution in [0.1, 0.15) is 13.3 Å². The Balaban J connectivity index is 4.66. The quantitative estimate of drug-likeness (QED) is 0.689. The van der Waals surface area contributed by atoms with E-state index in [4.69, 9.17) is 11.6 Å². The van der Waals surface area contributed by atoms with Gasteiger partial charge in [-0.15, -0.1) is 11.6 Å². The lowest BCUT2D eigenvalue weighted by Gasteiger charge is -2.22. The molecule has 0 unspecified atom stereocenters. The lowest BCUT2D eigenvalue weighted by molar-refractivity contribution is -0.135. The molecule has 92 valence electrons. The van der Waals surface area contributed by atoms with Crippen molar-refractivity contribution in [2.24, 2.45) is 0 Å². The molecule has 0 bridgehead atoms. The van der Waals surface area contributed by atoms with Crippen LogP contribution in [0.2, 0.25) is 0 Å². The van der Waals surface area contributed by atoms with E-state index in [0.29, 0.717) is 4.31 Å². The highest BCUT2D eigenvalue weighted by Crippen LogP contribution is 2.19. The fourth-order valence-corrected chi connectivity index (χ4v) is 2.79. The Morgan fingerprint density at radius 1 is 1.33 bits per heavy atom. The molecule has 0 saturated heterocycles. The first-order chi connectivity index (χ1) is 6.73. The highest BCUT2D eigenvalue weighted by Gasteiger charge is 2.35. The van der Waals surface area contributed by atoms with E-state index in [1.807, 2.05) is 0 Å². The number of rotatable bonds is 6. The maximum atomic E-state index is 12.1. The maximum absolute atomic E-state index is 12.1. The van der Waals surface area contributed by atoms with Crippen molar-refractivity contribution in [1.82, 2.24) is 4.31 Å². The summed E-state index contributed by atoms with van der Waals surface area (Å²) in [5, 5.41) is 0. The third kappa shape index (κ3) is 6.21. The Labute approximate surface area is 92.2 Å². The molecule has 0 rings (SSSR count). The molecule has 0 aliphatic rings. The van der Waals surface area contributed by atoms with Crippen LogP contribution < -0.4 is 0 Å². The number of alkyl halides is 4. The van der Waals surface area contributed by atoms with Crippen molar-refractivity contribution in [2.75, 3.05) is 24.7 Å². The van der Waals surface area contributed by atoms with Gasteiger partial charge in [-0.25, -0.2) is 8.42 Å². The van der Waals surface area contributed by atoms with Gasteiger partial charge in [-0.05, 0) is 6.42 Å². The smallest absolute Gasteiger partial charge is 0.212 e. The van der Waals surface area contributed by atoms with E-state index in [0.717, 1.165) is 0 Å². The summed E-state index contributed by atoms with van der Waals surface area (Å²) in [7, 11) is -3.84. The Bertz CT molecular complexity index is 278. The van der Waals surface area contributed by atoms with Crippen molar-refractivity contribution >= 4 is 21.6 Å². The normalized spacial score (nSPS) is 13.5. The molecule has 0 amide bonds. The molecule has 0 fully saturated rings. The Hall–Kier alpha value is -0.0100. The van der Waals surface area contributed by atoms with Crippen LogP contribution in [0.25, 0.3) is 0 Å². The molecule has 0 saturated carbocycles. The highest BCUT2D eigenvalue weighted by atomic mass is 35.5. The van der Waals surface area contributed by atoms with Crippen LogP contribution in [0.4, 0.5) is 13.2 Å². The second kappa shape index (κ2) is 5.91. The summed E-state index contributed by atoms with van der Waals surface area (Å²) in [5.41, 5.74) is 0. The van der Waals surface area contributed by atoms with Crippen molar-refractivity contribution in [3.05, 3.63) is 0 Å². The van der Waals surface area contributed by atoms with E-state index in [9.17, 15) is 21.6 Å². The molecule has 0 N–H and O–H groups in total. The average Bonchev–Trinajstić information content (AvgIpc) is 2.01. The minimum atomic E-state index is -4.53. The van der Waals surface area contributed by atoms with Gasteiger partial charge < -0.3 is 0 Å². The van der Waals surface area contributed by atoms with E-state index in [1.165, 1.54) is 0 Å². The van der Waals surface area contributed by atoms with Gasteiger partial charge in [0.25, 0.3) is 0 Å². The monoisotopic (exact) mass is 267 g/mol. The molecule has 0 atom stereocenters. The van der Waals surface area contributed by atoms with E-state index in [2.05, 4.69) is 0 Å². The van der Waals surface area contributed by atoms with E-state index >= 15 is 0 Å². The van der Waals surface area contributed by atoms with Crippen LogP contribution in [0, 0.1) is 0 Å². The lowest BCUT2D eigenvalue weighted by atomic mass is 10.6. The molecule has 0 radical (unpaired) electrons. The Morgan fingerprint density at radius 2 is 1.87 bits per heavy atom. The summed E-state index contributed by atoms with van der Waals surface area (Å²) >= 11 is 5.26.